The van der Waals surface area contributed by atoms with Crippen molar-refractivity contribution in [2.45, 2.75) is 66.0 Å². The van der Waals surface area contributed by atoms with Crippen molar-refractivity contribution >= 4 is 41.9 Å². The van der Waals surface area contributed by atoms with Crippen LogP contribution >= 0.6 is 24.0 Å². The van der Waals surface area contributed by atoms with E-state index in [0.717, 1.165) is 25.9 Å². The zero-order valence-corrected chi connectivity index (χ0v) is 20.2. The number of halogens is 1. The van der Waals surface area contributed by atoms with Gasteiger partial charge in [0.15, 0.2) is 5.96 Å². The zero-order chi connectivity index (χ0) is 20.2. The van der Waals surface area contributed by atoms with Crippen LogP contribution in [-0.4, -0.2) is 67.7 Å². The normalized spacial score (nSPS) is 17.7. The number of guanidine groups is 1. The molecule has 2 atom stereocenters. The molecule has 1 heterocycles. The number of amides is 2. The highest BCUT2D eigenvalue weighted by molar-refractivity contribution is 14.0. The molecule has 0 aromatic heterocycles. The van der Waals surface area contributed by atoms with Crippen molar-refractivity contribution in [1.29, 1.82) is 0 Å². The fraction of sp³-hybridized carbons (Fsp3) is 0.842. The van der Waals surface area contributed by atoms with Gasteiger partial charge in [-0.15, -0.1) is 24.0 Å². The number of nitrogens with zero attached hydrogens (tertiary/aromatic N) is 2. The van der Waals surface area contributed by atoms with Gasteiger partial charge in [-0.2, -0.15) is 0 Å². The molecule has 0 bridgehead atoms. The number of ether oxygens (including phenoxy) is 1. The first kappa shape index (κ1) is 26.7. The number of carbonyl (C=O) groups excluding carboxylic acids is 2. The Labute approximate surface area is 186 Å². The number of rotatable bonds is 9. The third-order valence-corrected chi connectivity index (χ3v) is 4.35. The fourth-order valence-corrected chi connectivity index (χ4v) is 3.13. The molecule has 2 unspecified atom stereocenters. The molecule has 0 aromatic carbocycles. The van der Waals surface area contributed by atoms with E-state index in [1.165, 1.54) is 0 Å². The summed E-state index contributed by atoms with van der Waals surface area (Å²) in [5.41, 5.74) is 0. The Morgan fingerprint density at radius 1 is 1.25 bits per heavy atom. The lowest BCUT2D eigenvalue weighted by molar-refractivity contribution is -0.129. The molecule has 9 heteroatoms. The lowest BCUT2D eigenvalue weighted by Gasteiger charge is -2.21. The standard InChI is InChI=1S/C19H37N5O3.HI/c1-6-17(25)24-10-9-15(13-24)22-18(20-7-2)21-12-16(11-14(4)5)23-19(26)27-8-3;/h14-16H,6-13H2,1-5H3,(H,23,26)(H2,20,21,22);1H. The predicted octanol–water partition coefficient (Wildman–Crippen LogP) is 2.33. The minimum atomic E-state index is -0.402. The summed E-state index contributed by atoms with van der Waals surface area (Å²) < 4.78 is 4.99. The topological polar surface area (TPSA) is 95.1 Å². The fourth-order valence-electron chi connectivity index (χ4n) is 3.13. The summed E-state index contributed by atoms with van der Waals surface area (Å²) in [4.78, 5) is 30.2. The molecule has 1 fully saturated rings. The molecule has 2 amide bonds. The van der Waals surface area contributed by atoms with E-state index in [2.05, 4.69) is 34.8 Å². The highest BCUT2D eigenvalue weighted by Crippen LogP contribution is 2.10. The first-order chi connectivity index (χ1) is 12.9. The van der Waals surface area contributed by atoms with Crippen LogP contribution in [0, 0.1) is 5.92 Å². The SMILES string of the molecule is CCNC(=NCC(CC(C)C)NC(=O)OCC)NC1CCN(C(=O)CC)C1.I. The third-order valence-electron chi connectivity index (χ3n) is 4.35. The van der Waals surface area contributed by atoms with E-state index >= 15 is 0 Å². The number of alkyl carbamates (subject to hydrolysis) is 1. The average molecular weight is 511 g/mol. The van der Waals surface area contributed by atoms with Gasteiger partial charge in [-0.05, 0) is 32.6 Å². The third kappa shape index (κ3) is 10.3. The van der Waals surface area contributed by atoms with E-state index in [1.807, 2.05) is 18.7 Å². The molecule has 1 aliphatic rings. The average Bonchev–Trinajstić information content (AvgIpc) is 3.07. The second kappa shape index (κ2) is 14.7. The van der Waals surface area contributed by atoms with Crippen LogP contribution in [0.3, 0.4) is 0 Å². The smallest absolute Gasteiger partial charge is 0.407 e. The zero-order valence-electron chi connectivity index (χ0n) is 17.9. The Kier molecular flexibility index (Phi) is 14.0. The summed E-state index contributed by atoms with van der Waals surface area (Å²) in [6.07, 6.45) is 1.87. The van der Waals surface area contributed by atoms with Gasteiger partial charge in [-0.3, -0.25) is 9.79 Å². The van der Waals surface area contributed by atoms with Gasteiger partial charge in [-0.25, -0.2) is 4.79 Å². The molecule has 0 saturated carbocycles. The summed E-state index contributed by atoms with van der Waals surface area (Å²) in [5.74, 6) is 1.34. The Balaban J connectivity index is 0.00000729. The molecule has 3 N–H and O–H groups in total. The molecule has 0 aliphatic carbocycles. The summed E-state index contributed by atoms with van der Waals surface area (Å²) in [6, 6.07) is 0.112. The van der Waals surface area contributed by atoms with E-state index in [-0.39, 0.29) is 42.0 Å². The van der Waals surface area contributed by atoms with Crippen LogP contribution in [0.15, 0.2) is 4.99 Å². The monoisotopic (exact) mass is 511 g/mol. The van der Waals surface area contributed by atoms with Crippen molar-refractivity contribution in [2.75, 3.05) is 32.8 Å². The molecule has 1 rings (SSSR count). The maximum Gasteiger partial charge on any atom is 0.407 e. The number of nitrogens with one attached hydrogen (secondary N) is 3. The first-order valence-electron chi connectivity index (χ1n) is 10.1. The molecular weight excluding hydrogens is 473 g/mol. The van der Waals surface area contributed by atoms with Gasteiger partial charge >= 0.3 is 6.09 Å². The lowest BCUT2D eigenvalue weighted by atomic mass is 10.0. The lowest BCUT2D eigenvalue weighted by Crippen LogP contribution is -2.46. The Hall–Kier alpha value is -1.26. The molecule has 1 aliphatic heterocycles. The van der Waals surface area contributed by atoms with Crippen LogP contribution in [0.1, 0.15) is 53.9 Å². The molecule has 1 saturated heterocycles. The second-order valence-electron chi connectivity index (χ2n) is 7.23. The van der Waals surface area contributed by atoms with Gasteiger partial charge in [0.05, 0.1) is 19.2 Å². The van der Waals surface area contributed by atoms with E-state index < -0.39 is 6.09 Å². The minimum absolute atomic E-state index is 0. The van der Waals surface area contributed by atoms with Crippen LogP contribution in [-0.2, 0) is 9.53 Å². The van der Waals surface area contributed by atoms with Crippen LogP contribution in [0.2, 0.25) is 0 Å². The van der Waals surface area contributed by atoms with Crippen molar-refractivity contribution < 1.29 is 14.3 Å². The predicted molar refractivity (Wildman–Crippen MR) is 123 cm³/mol. The number of carbonyl (C=O) groups is 2. The van der Waals surface area contributed by atoms with Crippen molar-refractivity contribution in [1.82, 2.24) is 20.9 Å². The Morgan fingerprint density at radius 3 is 2.54 bits per heavy atom. The van der Waals surface area contributed by atoms with Gasteiger partial charge in [0, 0.05) is 32.1 Å². The Bertz CT molecular complexity index is 502. The highest BCUT2D eigenvalue weighted by atomic mass is 127. The summed E-state index contributed by atoms with van der Waals surface area (Å²) >= 11 is 0. The molecule has 164 valence electrons. The van der Waals surface area contributed by atoms with Crippen molar-refractivity contribution in [3.63, 3.8) is 0 Å². The number of hydrogen-bond donors (Lipinski definition) is 3. The first-order valence-corrected chi connectivity index (χ1v) is 10.1. The van der Waals surface area contributed by atoms with Crippen LogP contribution in [0.4, 0.5) is 4.79 Å². The second-order valence-corrected chi connectivity index (χ2v) is 7.23. The number of likely N-dealkylation sites (tertiary alicyclic amines) is 1. The molecule has 0 aromatic rings. The molecule has 8 nitrogen and oxygen atoms in total. The molecule has 0 spiro atoms. The van der Waals surface area contributed by atoms with Crippen molar-refractivity contribution in [3.05, 3.63) is 0 Å². The van der Waals surface area contributed by atoms with Crippen LogP contribution < -0.4 is 16.0 Å². The summed E-state index contributed by atoms with van der Waals surface area (Å²) in [6.45, 7) is 13.0. The summed E-state index contributed by atoms with van der Waals surface area (Å²) in [7, 11) is 0. The molecular formula is C19H38IN5O3. The van der Waals surface area contributed by atoms with E-state index in [9.17, 15) is 9.59 Å². The largest absolute Gasteiger partial charge is 0.450 e. The highest BCUT2D eigenvalue weighted by Gasteiger charge is 2.26. The van der Waals surface area contributed by atoms with Gasteiger partial charge in [-0.1, -0.05) is 20.8 Å². The number of aliphatic imine (C=N–C) groups is 1. The molecule has 28 heavy (non-hydrogen) atoms. The van der Waals surface area contributed by atoms with Crippen molar-refractivity contribution in [3.8, 4) is 0 Å². The van der Waals surface area contributed by atoms with Crippen molar-refractivity contribution in [2.24, 2.45) is 10.9 Å². The Morgan fingerprint density at radius 2 is 1.96 bits per heavy atom. The van der Waals surface area contributed by atoms with Crippen LogP contribution in [0.25, 0.3) is 0 Å². The maximum atomic E-state index is 11.8. The minimum Gasteiger partial charge on any atom is -0.450 e. The maximum absolute atomic E-state index is 11.8. The number of hydrogen-bond acceptors (Lipinski definition) is 4. The van der Waals surface area contributed by atoms with Gasteiger partial charge < -0.3 is 25.6 Å². The van der Waals surface area contributed by atoms with E-state index in [4.69, 9.17) is 4.74 Å². The summed E-state index contributed by atoms with van der Waals surface area (Å²) in [5, 5.41) is 9.55. The van der Waals surface area contributed by atoms with Gasteiger partial charge in [0.1, 0.15) is 0 Å². The molecule has 0 radical (unpaired) electrons. The van der Waals surface area contributed by atoms with Gasteiger partial charge in [0.2, 0.25) is 5.91 Å². The van der Waals surface area contributed by atoms with E-state index in [0.29, 0.717) is 38.0 Å². The quantitative estimate of drug-likeness (QED) is 0.251. The van der Waals surface area contributed by atoms with Gasteiger partial charge in [0.25, 0.3) is 0 Å². The van der Waals surface area contributed by atoms with E-state index in [1.54, 1.807) is 6.92 Å². The van der Waals surface area contributed by atoms with Crippen LogP contribution in [0.5, 0.6) is 0 Å².